The highest BCUT2D eigenvalue weighted by Gasteiger charge is 2.42. The van der Waals surface area contributed by atoms with E-state index in [0.29, 0.717) is 24.3 Å². The van der Waals surface area contributed by atoms with E-state index in [1.807, 2.05) is 11.6 Å². The Morgan fingerprint density at radius 3 is 3.21 bits per heavy atom. The molecule has 1 aliphatic carbocycles. The van der Waals surface area contributed by atoms with Crippen molar-refractivity contribution in [1.82, 2.24) is 15.2 Å². The Balaban J connectivity index is 1.35. The number of thiazole rings is 1. The first-order valence-electron chi connectivity index (χ1n) is 8.37. The quantitative estimate of drug-likeness (QED) is 0.898. The van der Waals surface area contributed by atoms with Gasteiger partial charge >= 0.3 is 0 Å². The minimum atomic E-state index is -0.154. The van der Waals surface area contributed by atoms with E-state index < -0.39 is 0 Å². The van der Waals surface area contributed by atoms with Crippen molar-refractivity contribution in [2.24, 2.45) is 5.92 Å². The molecule has 0 spiro atoms. The molecule has 1 aliphatic heterocycles. The molecule has 7 heteroatoms. The summed E-state index contributed by atoms with van der Waals surface area (Å²) in [6.07, 6.45) is 5.75. The summed E-state index contributed by atoms with van der Waals surface area (Å²) >= 11 is 1.70. The van der Waals surface area contributed by atoms with E-state index in [4.69, 9.17) is 9.15 Å². The topological polar surface area (TPSA) is 67.6 Å². The van der Waals surface area contributed by atoms with E-state index in [1.54, 1.807) is 23.5 Å². The van der Waals surface area contributed by atoms with Gasteiger partial charge in [-0.3, -0.25) is 9.69 Å². The van der Waals surface area contributed by atoms with Crippen molar-refractivity contribution in [2.75, 3.05) is 19.7 Å². The summed E-state index contributed by atoms with van der Waals surface area (Å²) in [5, 5.41) is 6.16. The smallest absolute Gasteiger partial charge is 0.286 e. The SMILES string of the molecule is O=C(NC[C@@H]1CC[C@H]2[C@H]1OCCN2Cc1nccs1)c1ccco1. The average molecular weight is 347 g/mol. The highest BCUT2D eigenvalue weighted by molar-refractivity contribution is 7.09. The highest BCUT2D eigenvalue weighted by Crippen LogP contribution is 2.35. The van der Waals surface area contributed by atoms with Gasteiger partial charge in [-0.25, -0.2) is 4.98 Å². The van der Waals surface area contributed by atoms with Crippen LogP contribution < -0.4 is 5.32 Å². The second kappa shape index (κ2) is 7.04. The molecule has 1 saturated carbocycles. The second-order valence-corrected chi connectivity index (χ2v) is 7.30. The molecule has 0 bridgehead atoms. The Labute approximate surface area is 144 Å². The number of amides is 1. The molecule has 4 rings (SSSR count). The fraction of sp³-hybridized carbons (Fsp3) is 0.529. The number of fused-ring (bicyclic) bond motifs is 1. The summed E-state index contributed by atoms with van der Waals surface area (Å²) in [7, 11) is 0. The van der Waals surface area contributed by atoms with Crippen molar-refractivity contribution in [1.29, 1.82) is 0 Å². The lowest BCUT2D eigenvalue weighted by atomic mass is 10.0. The average Bonchev–Trinajstić information content (AvgIpc) is 3.34. The number of furan rings is 1. The maximum Gasteiger partial charge on any atom is 0.286 e. The van der Waals surface area contributed by atoms with Crippen LogP contribution in [0.3, 0.4) is 0 Å². The highest BCUT2D eigenvalue weighted by atomic mass is 32.1. The maximum absolute atomic E-state index is 12.0. The van der Waals surface area contributed by atoms with Gasteiger partial charge in [0.1, 0.15) is 5.01 Å². The third kappa shape index (κ3) is 3.24. The van der Waals surface area contributed by atoms with Crippen LogP contribution in [0.5, 0.6) is 0 Å². The molecule has 3 atom stereocenters. The van der Waals surface area contributed by atoms with Crippen LogP contribution in [0.25, 0.3) is 0 Å². The second-order valence-electron chi connectivity index (χ2n) is 6.32. The van der Waals surface area contributed by atoms with E-state index >= 15 is 0 Å². The molecule has 2 aromatic rings. The molecule has 1 N–H and O–H groups in total. The predicted octanol–water partition coefficient (Wildman–Crippen LogP) is 2.15. The zero-order valence-corrected chi connectivity index (χ0v) is 14.2. The summed E-state index contributed by atoms with van der Waals surface area (Å²) in [6.45, 7) is 3.22. The summed E-state index contributed by atoms with van der Waals surface area (Å²) in [5.41, 5.74) is 0. The standard InChI is InChI=1S/C17H21N3O3S/c21-17(14-2-1-7-22-14)19-10-12-3-4-13-16(12)23-8-6-20(13)11-15-18-5-9-24-15/h1-2,5,7,9,12-13,16H,3-4,6,8,10-11H2,(H,19,21)/t12-,13-,16-/m0/s1. The van der Waals surface area contributed by atoms with Crippen LogP contribution in [0, 0.1) is 5.92 Å². The van der Waals surface area contributed by atoms with Crippen LogP contribution in [0.4, 0.5) is 0 Å². The third-order valence-corrected chi connectivity index (χ3v) is 5.69. The fourth-order valence-electron chi connectivity index (χ4n) is 3.77. The van der Waals surface area contributed by atoms with Gasteiger partial charge in [0.15, 0.2) is 5.76 Å². The first-order valence-corrected chi connectivity index (χ1v) is 9.25. The van der Waals surface area contributed by atoms with Gasteiger partial charge < -0.3 is 14.5 Å². The van der Waals surface area contributed by atoms with Crippen molar-refractivity contribution < 1.29 is 13.9 Å². The molecule has 6 nitrogen and oxygen atoms in total. The van der Waals surface area contributed by atoms with E-state index in [9.17, 15) is 4.79 Å². The molecule has 2 aliphatic rings. The Hall–Kier alpha value is -1.70. The number of hydrogen-bond donors (Lipinski definition) is 1. The zero-order valence-electron chi connectivity index (χ0n) is 13.4. The molecular weight excluding hydrogens is 326 g/mol. The molecule has 3 heterocycles. The molecule has 2 fully saturated rings. The maximum atomic E-state index is 12.0. The van der Waals surface area contributed by atoms with Crippen LogP contribution in [0.15, 0.2) is 34.4 Å². The zero-order chi connectivity index (χ0) is 16.4. The molecule has 24 heavy (non-hydrogen) atoms. The molecule has 1 saturated heterocycles. The number of aromatic nitrogens is 1. The van der Waals surface area contributed by atoms with Crippen LogP contribution in [0.2, 0.25) is 0 Å². The van der Waals surface area contributed by atoms with Crippen molar-refractivity contribution in [2.45, 2.75) is 31.5 Å². The summed E-state index contributed by atoms with van der Waals surface area (Å²) in [6, 6.07) is 3.83. The Bertz CT molecular complexity index is 659. The predicted molar refractivity (Wildman–Crippen MR) is 89.8 cm³/mol. The van der Waals surface area contributed by atoms with E-state index in [1.165, 1.54) is 6.26 Å². The number of rotatable bonds is 5. The van der Waals surface area contributed by atoms with Crippen molar-refractivity contribution >= 4 is 17.2 Å². The lowest BCUT2D eigenvalue weighted by Crippen LogP contribution is -2.50. The van der Waals surface area contributed by atoms with Crippen LogP contribution >= 0.6 is 11.3 Å². The molecular formula is C17H21N3O3S. The number of nitrogens with one attached hydrogen (secondary N) is 1. The van der Waals surface area contributed by atoms with Gasteiger partial charge in [0.25, 0.3) is 5.91 Å². The van der Waals surface area contributed by atoms with E-state index in [-0.39, 0.29) is 12.0 Å². The summed E-state index contributed by atoms with van der Waals surface area (Å²) < 4.78 is 11.2. The number of ether oxygens (including phenoxy) is 1. The minimum absolute atomic E-state index is 0.154. The monoisotopic (exact) mass is 347 g/mol. The molecule has 0 aromatic carbocycles. The number of hydrogen-bond acceptors (Lipinski definition) is 6. The molecule has 1 amide bonds. The van der Waals surface area contributed by atoms with Crippen molar-refractivity contribution in [3.05, 3.63) is 40.7 Å². The molecule has 128 valence electrons. The van der Waals surface area contributed by atoms with Gasteiger partial charge in [-0.15, -0.1) is 11.3 Å². The van der Waals surface area contributed by atoms with Gasteiger partial charge in [-0.2, -0.15) is 0 Å². The summed E-state index contributed by atoms with van der Waals surface area (Å²) in [4.78, 5) is 18.9. The number of nitrogens with zero attached hydrogens (tertiary/aromatic N) is 2. The van der Waals surface area contributed by atoms with Gasteiger partial charge in [-0.1, -0.05) is 0 Å². The first-order chi connectivity index (χ1) is 11.8. The van der Waals surface area contributed by atoms with Crippen molar-refractivity contribution in [3.8, 4) is 0 Å². The lowest BCUT2D eigenvalue weighted by molar-refractivity contribution is -0.0757. The lowest BCUT2D eigenvalue weighted by Gasteiger charge is -2.38. The molecule has 0 radical (unpaired) electrons. The van der Waals surface area contributed by atoms with E-state index in [0.717, 1.165) is 37.5 Å². The normalized spacial score (nSPS) is 27.1. The number of carbonyl (C=O) groups excluding carboxylic acids is 1. The van der Waals surface area contributed by atoms with Crippen LogP contribution in [-0.4, -0.2) is 47.6 Å². The first kappa shape index (κ1) is 15.8. The minimum Gasteiger partial charge on any atom is -0.459 e. The van der Waals surface area contributed by atoms with Crippen LogP contribution in [0.1, 0.15) is 28.4 Å². The van der Waals surface area contributed by atoms with Crippen molar-refractivity contribution in [3.63, 3.8) is 0 Å². The van der Waals surface area contributed by atoms with Crippen LogP contribution in [-0.2, 0) is 11.3 Å². The van der Waals surface area contributed by atoms with E-state index in [2.05, 4.69) is 15.2 Å². The number of morpholine rings is 1. The number of carbonyl (C=O) groups is 1. The Morgan fingerprint density at radius 1 is 1.46 bits per heavy atom. The molecule has 2 aromatic heterocycles. The fourth-order valence-corrected chi connectivity index (χ4v) is 4.42. The van der Waals surface area contributed by atoms with Gasteiger partial charge in [0, 0.05) is 36.6 Å². The largest absolute Gasteiger partial charge is 0.459 e. The van der Waals surface area contributed by atoms with Gasteiger partial charge in [0.2, 0.25) is 0 Å². The Morgan fingerprint density at radius 2 is 2.42 bits per heavy atom. The summed E-state index contributed by atoms with van der Waals surface area (Å²) in [5.74, 6) is 0.561. The Kier molecular flexibility index (Phi) is 4.64. The van der Waals surface area contributed by atoms with Gasteiger partial charge in [0.05, 0.1) is 25.5 Å². The van der Waals surface area contributed by atoms with Gasteiger partial charge in [-0.05, 0) is 25.0 Å². The molecule has 0 unspecified atom stereocenters. The third-order valence-electron chi connectivity index (χ3n) is 4.93.